The Labute approximate surface area is 318 Å². The van der Waals surface area contributed by atoms with E-state index < -0.39 is 22.7 Å². The molecule has 14 heteroatoms. The van der Waals surface area contributed by atoms with Crippen molar-refractivity contribution in [2.75, 3.05) is 0 Å². The Bertz CT molecular complexity index is 967. The third kappa shape index (κ3) is 13.2. The number of ether oxygens (including phenoxy) is 1. The summed E-state index contributed by atoms with van der Waals surface area (Å²) >= 11 is 11.8. The van der Waals surface area contributed by atoms with Crippen molar-refractivity contribution in [1.29, 1.82) is 0 Å². The summed E-state index contributed by atoms with van der Waals surface area (Å²) in [4.78, 5) is 16.1. The molecule has 154 valence electrons. The van der Waals surface area contributed by atoms with E-state index in [1.807, 2.05) is 0 Å². The third-order valence-electron chi connectivity index (χ3n) is 3.61. The number of hydrogen-bond donors (Lipinski definition) is 3. The summed E-state index contributed by atoms with van der Waals surface area (Å²) in [5.74, 6) is 0.935. The van der Waals surface area contributed by atoms with Gasteiger partial charge in [0.25, 0.3) is 10.1 Å². The van der Waals surface area contributed by atoms with Crippen LogP contribution in [0.1, 0.15) is 22.7 Å². The molecule has 0 bridgehead atoms. The SMILES string of the molecule is O=P(O)(O)C(CCCc1cccc(Oc2cc(Cl)cc(Cl)c2)c1)S(=O)(=O)O.[H-].[H-].[H-].[K+].[K+].[K+]. The molecule has 0 spiro atoms. The minimum Gasteiger partial charge on any atom is -1.00 e. The molecule has 0 aliphatic heterocycles. The maximum absolute atomic E-state index is 11.2. The maximum atomic E-state index is 11.2. The number of halogens is 2. The molecule has 0 saturated heterocycles. The van der Waals surface area contributed by atoms with Gasteiger partial charge in [-0.25, -0.2) is 0 Å². The van der Waals surface area contributed by atoms with Gasteiger partial charge in [-0.2, -0.15) is 8.42 Å². The van der Waals surface area contributed by atoms with Gasteiger partial charge in [-0.15, -0.1) is 0 Å². The molecule has 2 aromatic rings. The van der Waals surface area contributed by atoms with E-state index >= 15 is 0 Å². The van der Waals surface area contributed by atoms with Crippen molar-refractivity contribution >= 4 is 40.9 Å². The van der Waals surface area contributed by atoms with Crippen molar-refractivity contribution in [2.24, 2.45) is 0 Å². The largest absolute Gasteiger partial charge is 1.00 e. The quantitative estimate of drug-likeness (QED) is 0.166. The zero-order valence-corrected chi connectivity index (χ0v) is 29.4. The van der Waals surface area contributed by atoms with Crippen LogP contribution in [0.25, 0.3) is 0 Å². The van der Waals surface area contributed by atoms with E-state index in [-0.39, 0.29) is 171 Å². The van der Waals surface area contributed by atoms with Crippen molar-refractivity contribution in [3.05, 3.63) is 58.1 Å². The maximum Gasteiger partial charge on any atom is 1.00 e. The molecule has 0 fully saturated rings. The molecule has 0 aliphatic rings. The van der Waals surface area contributed by atoms with Gasteiger partial charge in [0.1, 0.15) is 11.5 Å². The van der Waals surface area contributed by atoms with Gasteiger partial charge in [0, 0.05) is 10.0 Å². The van der Waals surface area contributed by atoms with Crippen LogP contribution < -0.4 is 159 Å². The van der Waals surface area contributed by atoms with Crippen LogP contribution >= 0.6 is 30.8 Å². The predicted molar refractivity (Wildman–Crippen MR) is 107 cm³/mol. The number of benzene rings is 2. The van der Waals surface area contributed by atoms with Crippen LogP contribution in [0.4, 0.5) is 0 Å². The van der Waals surface area contributed by atoms with Gasteiger partial charge in [-0.1, -0.05) is 35.3 Å². The van der Waals surface area contributed by atoms with Crippen LogP contribution in [0.3, 0.4) is 0 Å². The van der Waals surface area contributed by atoms with Gasteiger partial charge >= 0.3 is 162 Å². The van der Waals surface area contributed by atoms with Crippen LogP contribution in [0.2, 0.25) is 10.0 Å². The van der Waals surface area contributed by atoms with E-state index in [0.717, 1.165) is 5.56 Å². The van der Waals surface area contributed by atoms with E-state index in [9.17, 15) is 13.0 Å². The first kappa shape index (κ1) is 35.9. The van der Waals surface area contributed by atoms with Crippen LogP contribution in [0.15, 0.2) is 42.5 Å². The number of aryl methyl sites for hydroxylation is 1. The summed E-state index contributed by atoms with van der Waals surface area (Å²) in [5.41, 5.74) is 0.764. The molecule has 0 amide bonds. The summed E-state index contributed by atoms with van der Waals surface area (Å²) in [6, 6.07) is 11.6. The molecule has 0 saturated carbocycles. The molecule has 3 N–H and O–H groups in total. The van der Waals surface area contributed by atoms with E-state index in [1.165, 1.54) is 0 Å². The summed E-state index contributed by atoms with van der Waals surface area (Å²) in [6.45, 7) is 0. The topological polar surface area (TPSA) is 121 Å². The molecule has 0 heterocycles. The zero-order valence-electron chi connectivity index (χ0n) is 19.8. The van der Waals surface area contributed by atoms with E-state index in [0.29, 0.717) is 28.0 Å². The molecule has 0 radical (unpaired) electrons. The average molecular weight is 576 g/mol. The Morgan fingerprint density at radius 1 is 1.00 bits per heavy atom. The summed E-state index contributed by atoms with van der Waals surface area (Å²) in [7, 11) is -9.82. The molecular formula is C16H20Cl2K3O7PS. The fourth-order valence-corrected chi connectivity index (χ4v) is 5.34. The van der Waals surface area contributed by atoms with E-state index in [4.69, 9.17) is 42.3 Å². The molecule has 0 aliphatic carbocycles. The Balaban J connectivity index is -0.000000436. The van der Waals surface area contributed by atoms with Crippen LogP contribution in [0.5, 0.6) is 11.5 Å². The van der Waals surface area contributed by atoms with E-state index in [2.05, 4.69) is 0 Å². The smallest absolute Gasteiger partial charge is 1.00 e. The Morgan fingerprint density at radius 2 is 1.57 bits per heavy atom. The second kappa shape index (κ2) is 16.5. The summed E-state index contributed by atoms with van der Waals surface area (Å²) in [5, 5.41) is 0.838. The third-order valence-corrected chi connectivity index (χ3v) is 7.60. The standard InChI is InChI=1S/C16H17Cl2O7PS.3K.3H/c17-12-8-13(18)10-15(9-12)25-14-5-1-3-11(7-14)4-2-6-16(26(19,20)21)27(22,23)24;;;;;;/h1,3,5,7-10,16H,2,4,6H2,(H2,19,20,21)(H,22,23,24);;;;;;/q;3*+1;3*-1. The molecule has 2 rings (SSSR count). The second-order valence-electron chi connectivity index (χ2n) is 5.81. The van der Waals surface area contributed by atoms with Gasteiger partial charge < -0.3 is 18.8 Å². The fraction of sp³-hybridized carbons (Fsp3) is 0.250. The van der Waals surface area contributed by atoms with Crippen molar-refractivity contribution < 1.29 is 190 Å². The molecule has 7 nitrogen and oxygen atoms in total. The van der Waals surface area contributed by atoms with Crippen molar-refractivity contribution in [2.45, 2.75) is 24.3 Å². The fourth-order valence-electron chi connectivity index (χ4n) is 2.46. The van der Waals surface area contributed by atoms with Crippen molar-refractivity contribution in [1.82, 2.24) is 0 Å². The van der Waals surface area contributed by atoms with Gasteiger partial charge in [-0.3, -0.25) is 9.12 Å². The van der Waals surface area contributed by atoms with E-state index in [1.54, 1.807) is 42.5 Å². The molecular weight excluding hydrogens is 555 g/mol. The van der Waals surface area contributed by atoms with Crippen molar-refractivity contribution in [3.63, 3.8) is 0 Å². The first-order valence-corrected chi connectivity index (χ1v) is 11.6. The first-order valence-electron chi connectivity index (χ1n) is 7.69. The van der Waals surface area contributed by atoms with Gasteiger partial charge in [-0.05, 0) is 55.2 Å². The van der Waals surface area contributed by atoms with Gasteiger partial charge in [0.15, 0.2) is 4.99 Å². The Morgan fingerprint density at radius 3 is 2.07 bits per heavy atom. The number of hydrogen-bond acceptors (Lipinski definition) is 4. The molecule has 1 atom stereocenters. The normalized spacial score (nSPS) is 12.0. The zero-order chi connectivity index (χ0) is 20.2. The summed E-state index contributed by atoms with van der Waals surface area (Å²) in [6.07, 6.45) is 0.0969. The number of rotatable bonds is 8. The van der Waals surface area contributed by atoms with Crippen LogP contribution in [-0.2, 0) is 21.1 Å². The molecule has 2 aromatic carbocycles. The predicted octanol–water partition coefficient (Wildman–Crippen LogP) is -4.15. The average Bonchev–Trinajstić information content (AvgIpc) is 2.48. The Hall–Kier alpha value is 3.79. The monoisotopic (exact) mass is 574 g/mol. The second-order valence-corrected chi connectivity index (χ2v) is 10.4. The minimum atomic E-state index is -4.97. The molecule has 1 unspecified atom stereocenters. The van der Waals surface area contributed by atoms with Gasteiger partial charge in [0.05, 0.1) is 0 Å². The van der Waals surface area contributed by atoms with Crippen LogP contribution in [-0.4, -0.2) is 27.7 Å². The van der Waals surface area contributed by atoms with Crippen molar-refractivity contribution in [3.8, 4) is 11.5 Å². The summed E-state index contributed by atoms with van der Waals surface area (Å²) < 4.78 is 48.2. The Kier molecular flexibility index (Phi) is 19.8. The van der Waals surface area contributed by atoms with Gasteiger partial charge in [0.2, 0.25) is 0 Å². The van der Waals surface area contributed by atoms with Crippen LogP contribution in [0, 0.1) is 0 Å². The first-order chi connectivity index (χ1) is 12.4. The minimum absolute atomic E-state index is 0. The molecule has 0 aromatic heterocycles. The molecule has 30 heavy (non-hydrogen) atoms.